The van der Waals surface area contributed by atoms with Gasteiger partial charge < -0.3 is 11.1 Å². The van der Waals surface area contributed by atoms with Gasteiger partial charge in [-0.1, -0.05) is 51.1 Å². The van der Waals surface area contributed by atoms with Crippen molar-refractivity contribution in [2.24, 2.45) is 5.73 Å². The summed E-state index contributed by atoms with van der Waals surface area (Å²) in [7, 11) is 0. The normalized spacial score (nSPS) is 13.1. The van der Waals surface area contributed by atoms with Gasteiger partial charge in [0.15, 0.2) is 0 Å². The average Bonchev–Trinajstić information content (AvgIpc) is 2.43. The monoisotopic (exact) mass is 262 g/mol. The van der Waals surface area contributed by atoms with Crippen molar-refractivity contribution < 1.29 is 4.79 Å². The molecule has 0 saturated carbocycles. The molecule has 106 valence electrons. The zero-order chi connectivity index (χ0) is 14.3. The largest absolute Gasteiger partial charge is 0.353 e. The molecule has 1 amide bonds. The summed E-state index contributed by atoms with van der Waals surface area (Å²) in [6.45, 7) is 7.03. The molecule has 0 aliphatic heterocycles. The van der Waals surface area contributed by atoms with E-state index in [9.17, 15) is 4.79 Å². The molecule has 0 aliphatic rings. The Kier molecular flexibility index (Phi) is 6.03. The van der Waals surface area contributed by atoms with Crippen LogP contribution >= 0.6 is 0 Å². The third-order valence-electron chi connectivity index (χ3n) is 3.74. The summed E-state index contributed by atoms with van der Waals surface area (Å²) in [5.41, 5.74) is 6.61. The minimum absolute atomic E-state index is 0.0750. The number of carbonyl (C=O) groups excluding carboxylic acids is 1. The molecule has 0 heterocycles. The number of nitrogens with two attached hydrogens (primary N) is 1. The lowest BCUT2D eigenvalue weighted by Crippen LogP contribution is -2.47. The Morgan fingerprint density at radius 1 is 1.32 bits per heavy atom. The summed E-state index contributed by atoms with van der Waals surface area (Å²) in [6, 6.07) is 10.5. The van der Waals surface area contributed by atoms with E-state index in [0.717, 1.165) is 12.8 Å². The third kappa shape index (κ3) is 4.35. The lowest BCUT2D eigenvalue weighted by molar-refractivity contribution is -0.122. The molecule has 1 atom stereocenters. The first-order valence-corrected chi connectivity index (χ1v) is 7.07. The first-order chi connectivity index (χ1) is 9.02. The molecule has 3 N–H and O–H groups in total. The second kappa shape index (κ2) is 7.29. The summed E-state index contributed by atoms with van der Waals surface area (Å²) in [5, 5.41) is 3.15. The van der Waals surface area contributed by atoms with Crippen molar-refractivity contribution in [1.29, 1.82) is 0 Å². The van der Waals surface area contributed by atoms with E-state index in [1.54, 1.807) is 0 Å². The van der Waals surface area contributed by atoms with Gasteiger partial charge in [-0.25, -0.2) is 0 Å². The van der Waals surface area contributed by atoms with Crippen LogP contribution in [0.25, 0.3) is 0 Å². The number of hydrogen-bond donors (Lipinski definition) is 2. The van der Waals surface area contributed by atoms with Gasteiger partial charge in [-0.3, -0.25) is 4.79 Å². The number of nitrogens with one attached hydrogen (secondary N) is 1. The first-order valence-electron chi connectivity index (χ1n) is 7.07. The Hall–Kier alpha value is -1.35. The molecule has 0 bridgehead atoms. The van der Waals surface area contributed by atoms with Crippen LogP contribution in [0.1, 0.15) is 45.6 Å². The first kappa shape index (κ1) is 15.7. The van der Waals surface area contributed by atoms with Gasteiger partial charge in [0.05, 0.1) is 0 Å². The topological polar surface area (TPSA) is 55.1 Å². The molecule has 1 aromatic carbocycles. The van der Waals surface area contributed by atoms with Gasteiger partial charge in [0.2, 0.25) is 5.91 Å². The summed E-state index contributed by atoms with van der Waals surface area (Å²) < 4.78 is 0. The van der Waals surface area contributed by atoms with Crippen molar-refractivity contribution >= 4 is 5.91 Å². The van der Waals surface area contributed by atoms with Gasteiger partial charge in [-0.2, -0.15) is 0 Å². The number of rotatable bonds is 7. The predicted molar refractivity (Wildman–Crippen MR) is 80.0 cm³/mol. The SMILES string of the molecule is CCC(NC(=O)CCCN)C(C)(C)c1ccccc1. The van der Waals surface area contributed by atoms with E-state index in [1.165, 1.54) is 5.56 Å². The quantitative estimate of drug-likeness (QED) is 0.793. The Bertz CT molecular complexity index is 387. The Labute approximate surface area is 116 Å². The molecule has 3 heteroatoms. The number of benzene rings is 1. The number of hydrogen-bond acceptors (Lipinski definition) is 2. The highest BCUT2D eigenvalue weighted by Gasteiger charge is 2.30. The molecular weight excluding hydrogens is 236 g/mol. The maximum absolute atomic E-state index is 11.9. The smallest absolute Gasteiger partial charge is 0.220 e. The maximum Gasteiger partial charge on any atom is 0.220 e. The lowest BCUT2D eigenvalue weighted by Gasteiger charge is -2.35. The maximum atomic E-state index is 11.9. The van der Waals surface area contributed by atoms with Crippen LogP contribution in [0.3, 0.4) is 0 Å². The highest BCUT2D eigenvalue weighted by molar-refractivity contribution is 5.76. The van der Waals surface area contributed by atoms with Crippen LogP contribution in [0.5, 0.6) is 0 Å². The van der Waals surface area contributed by atoms with E-state index < -0.39 is 0 Å². The fourth-order valence-corrected chi connectivity index (χ4v) is 2.39. The van der Waals surface area contributed by atoms with Gasteiger partial charge in [0, 0.05) is 17.9 Å². The summed E-state index contributed by atoms with van der Waals surface area (Å²) in [4.78, 5) is 11.9. The van der Waals surface area contributed by atoms with Crippen molar-refractivity contribution in [1.82, 2.24) is 5.32 Å². The van der Waals surface area contributed by atoms with Crippen LogP contribution in [0, 0.1) is 0 Å². The molecule has 0 radical (unpaired) electrons. The summed E-state index contributed by atoms with van der Waals surface area (Å²) in [6.07, 6.45) is 2.17. The summed E-state index contributed by atoms with van der Waals surface area (Å²) >= 11 is 0. The minimum Gasteiger partial charge on any atom is -0.353 e. The van der Waals surface area contributed by atoms with Crippen LogP contribution in [0.15, 0.2) is 30.3 Å². The fraction of sp³-hybridized carbons (Fsp3) is 0.562. The molecule has 0 saturated heterocycles. The highest BCUT2D eigenvalue weighted by Crippen LogP contribution is 2.28. The number of carbonyl (C=O) groups is 1. The number of amides is 1. The Balaban J connectivity index is 2.75. The van der Waals surface area contributed by atoms with Crippen molar-refractivity contribution in [3.8, 4) is 0 Å². The van der Waals surface area contributed by atoms with Crippen LogP contribution in [-0.2, 0) is 10.2 Å². The van der Waals surface area contributed by atoms with Crippen LogP contribution in [-0.4, -0.2) is 18.5 Å². The Morgan fingerprint density at radius 2 is 1.95 bits per heavy atom. The van der Waals surface area contributed by atoms with Gasteiger partial charge in [-0.15, -0.1) is 0 Å². The van der Waals surface area contributed by atoms with Crippen LogP contribution < -0.4 is 11.1 Å². The molecular formula is C16H26N2O. The van der Waals surface area contributed by atoms with E-state index in [2.05, 4.69) is 38.2 Å². The molecule has 1 unspecified atom stereocenters. The van der Waals surface area contributed by atoms with E-state index in [-0.39, 0.29) is 17.4 Å². The molecule has 0 fully saturated rings. The van der Waals surface area contributed by atoms with Crippen molar-refractivity contribution in [2.75, 3.05) is 6.54 Å². The van der Waals surface area contributed by atoms with Gasteiger partial charge in [-0.05, 0) is 24.9 Å². The Morgan fingerprint density at radius 3 is 2.47 bits per heavy atom. The molecule has 0 aromatic heterocycles. The van der Waals surface area contributed by atoms with E-state index in [1.807, 2.05) is 18.2 Å². The van der Waals surface area contributed by atoms with Gasteiger partial charge >= 0.3 is 0 Å². The lowest BCUT2D eigenvalue weighted by atomic mass is 9.76. The van der Waals surface area contributed by atoms with Crippen molar-refractivity contribution in [3.63, 3.8) is 0 Å². The molecule has 0 spiro atoms. The molecule has 1 aromatic rings. The van der Waals surface area contributed by atoms with E-state index in [0.29, 0.717) is 13.0 Å². The van der Waals surface area contributed by atoms with E-state index in [4.69, 9.17) is 5.73 Å². The standard InChI is InChI=1S/C16H26N2O/c1-4-14(18-15(19)11-8-12-17)16(2,3)13-9-6-5-7-10-13/h5-7,9-10,14H,4,8,11-12,17H2,1-3H3,(H,18,19). The molecule has 0 aliphatic carbocycles. The molecule has 3 nitrogen and oxygen atoms in total. The minimum atomic E-state index is -0.0750. The molecule has 1 rings (SSSR count). The zero-order valence-electron chi connectivity index (χ0n) is 12.3. The van der Waals surface area contributed by atoms with Crippen molar-refractivity contribution in [3.05, 3.63) is 35.9 Å². The highest BCUT2D eigenvalue weighted by atomic mass is 16.1. The summed E-state index contributed by atoms with van der Waals surface area (Å²) in [5.74, 6) is 0.0984. The average molecular weight is 262 g/mol. The van der Waals surface area contributed by atoms with Gasteiger partial charge in [0.1, 0.15) is 0 Å². The second-order valence-corrected chi connectivity index (χ2v) is 5.51. The third-order valence-corrected chi connectivity index (χ3v) is 3.74. The van der Waals surface area contributed by atoms with Crippen LogP contribution in [0.2, 0.25) is 0 Å². The van der Waals surface area contributed by atoms with E-state index >= 15 is 0 Å². The van der Waals surface area contributed by atoms with Crippen LogP contribution in [0.4, 0.5) is 0 Å². The fourth-order valence-electron chi connectivity index (χ4n) is 2.39. The van der Waals surface area contributed by atoms with Crippen molar-refractivity contribution in [2.45, 2.75) is 51.5 Å². The second-order valence-electron chi connectivity index (χ2n) is 5.51. The molecule has 19 heavy (non-hydrogen) atoms. The van der Waals surface area contributed by atoms with Gasteiger partial charge in [0.25, 0.3) is 0 Å². The zero-order valence-corrected chi connectivity index (χ0v) is 12.3. The predicted octanol–water partition coefficient (Wildman–Crippen LogP) is 2.60.